The molecule has 1 aromatic rings. The van der Waals surface area contributed by atoms with E-state index in [1.54, 1.807) is 7.11 Å². The topological polar surface area (TPSA) is 48.3 Å². The van der Waals surface area contributed by atoms with Crippen molar-refractivity contribution < 1.29 is 4.74 Å². The summed E-state index contributed by atoms with van der Waals surface area (Å²) in [6.07, 6.45) is 2.85. The van der Waals surface area contributed by atoms with Crippen LogP contribution in [0.1, 0.15) is 33.1 Å². The van der Waals surface area contributed by atoms with Crippen molar-refractivity contribution in [1.82, 2.24) is 5.32 Å². The molecule has 0 saturated heterocycles. The van der Waals surface area contributed by atoms with E-state index in [-0.39, 0.29) is 0 Å². The molecule has 1 rings (SSSR count). The third-order valence-corrected chi connectivity index (χ3v) is 3.68. The highest BCUT2D eigenvalue weighted by molar-refractivity contribution is 5.49. The monoisotopic (exact) mass is 289 g/mol. The minimum absolute atomic E-state index is 0.425. The number of nitrogens with zero attached hydrogens (tertiary/aromatic N) is 2. The molecule has 116 valence electrons. The summed E-state index contributed by atoms with van der Waals surface area (Å²) in [6, 6.07) is 10.4. The average molecular weight is 289 g/mol. The second-order valence-corrected chi connectivity index (χ2v) is 5.60. The predicted octanol–water partition coefficient (Wildman–Crippen LogP) is 3.19. The van der Waals surface area contributed by atoms with Crippen LogP contribution >= 0.6 is 0 Å². The molecule has 4 nitrogen and oxygen atoms in total. The molecule has 0 bridgehead atoms. The maximum absolute atomic E-state index is 9.32. The van der Waals surface area contributed by atoms with Gasteiger partial charge < -0.3 is 9.64 Å². The number of rotatable bonds is 9. The predicted molar refractivity (Wildman–Crippen MR) is 87.8 cm³/mol. The summed E-state index contributed by atoms with van der Waals surface area (Å²) in [6.45, 7) is 5.89. The number of benzene rings is 1. The van der Waals surface area contributed by atoms with Gasteiger partial charge in [0.1, 0.15) is 11.3 Å². The van der Waals surface area contributed by atoms with Gasteiger partial charge in [-0.05, 0) is 44.9 Å². The summed E-state index contributed by atoms with van der Waals surface area (Å²) >= 11 is 0. The van der Waals surface area contributed by atoms with Gasteiger partial charge in [0.05, 0.1) is 13.2 Å². The molecule has 1 aromatic carbocycles. The van der Waals surface area contributed by atoms with Crippen LogP contribution in [0.15, 0.2) is 24.3 Å². The number of nitrogens with one attached hydrogen (secondary N) is 1. The van der Waals surface area contributed by atoms with Gasteiger partial charge in [0.2, 0.25) is 0 Å². The van der Waals surface area contributed by atoms with E-state index >= 15 is 0 Å². The average Bonchev–Trinajstić information content (AvgIpc) is 2.52. The van der Waals surface area contributed by atoms with Crippen LogP contribution < -0.4 is 15.0 Å². The van der Waals surface area contributed by atoms with Crippen molar-refractivity contribution in [3.05, 3.63) is 24.3 Å². The van der Waals surface area contributed by atoms with Crippen molar-refractivity contribution in [3.8, 4) is 11.8 Å². The SMILES string of the molecule is CCCNC(C)(C#N)CCCN(C)c1cccc(OC)c1. The number of ether oxygens (including phenoxy) is 1. The van der Waals surface area contributed by atoms with Gasteiger partial charge in [0, 0.05) is 25.3 Å². The first-order valence-corrected chi connectivity index (χ1v) is 7.56. The Balaban J connectivity index is 2.48. The van der Waals surface area contributed by atoms with Crippen molar-refractivity contribution in [3.63, 3.8) is 0 Å². The molecular weight excluding hydrogens is 262 g/mol. The third kappa shape index (κ3) is 5.65. The molecule has 0 saturated carbocycles. The second kappa shape index (κ2) is 8.53. The highest BCUT2D eigenvalue weighted by atomic mass is 16.5. The van der Waals surface area contributed by atoms with Crippen molar-refractivity contribution in [2.24, 2.45) is 0 Å². The van der Waals surface area contributed by atoms with Crippen LogP contribution in [0.4, 0.5) is 5.69 Å². The molecule has 0 spiro atoms. The van der Waals surface area contributed by atoms with E-state index in [0.717, 1.165) is 43.8 Å². The lowest BCUT2D eigenvalue weighted by Crippen LogP contribution is -2.41. The Kier molecular flexibility index (Phi) is 7.04. The van der Waals surface area contributed by atoms with Gasteiger partial charge >= 0.3 is 0 Å². The maximum Gasteiger partial charge on any atom is 0.120 e. The van der Waals surface area contributed by atoms with E-state index in [1.807, 2.05) is 25.1 Å². The smallest absolute Gasteiger partial charge is 0.120 e. The van der Waals surface area contributed by atoms with Crippen LogP contribution in [-0.2, 0) is 0 Å². The number of hydrogen-bond acceptors (Lipinski definition) is 4. The lowest BCUT2D eigenvalue weighted by atomic mass is 9.97. The minimum Gasteiger partial charge on any atom is -0.497 e. The molecule has 21 heavy (non-hydrogen) atoms. The summed E-state index contributed by atoms with van der Waals surface area (Å²) in [5.74, 6) is 0.867. The molecule has 0 heterocycles. The Hall–Kier alpha value is -1.73. The molecule has 0 radical (unpaired) electrons. The molecule has 1 N–H and O–H groups in total. The van der Waals surface area contributed by atoms with Gasteiger partial charge in [0.15, 0.2) is 0 Å². The lowest BCUT2D eigenvalue weighted by molar-refractivity contribution is 0.408. The van der Waals surface area contributed by atoms with Crippen molar-refractivity contribution in [2.45, 2.75) is 38.6 Å². The molecule has 0 aromatic heterocycles. The zero-order valence-corrected chi connectivity index (χ0v) is 13.6. The Morgan fingerprint density at radius 2 is 2.19 bits per heavy atom. The summed E-state index contributed by atoms with van der Waals surface area (Å²) in [5.41, 5.74) is 0.708. The van der Waals surface area contributed by atoms with Crippen LogP contribution in [0, 0.1) is 11.3 Å². The fourth-order valence-electron chi connectivity index (χ4n) is 2.23. The summed E-state index contributed by atoms with van der Waals surface area (Å²) < 4.78 is 5.25. The van der Waals surface area contributed by atoms with E-state index in [2.05, 4.69) is 36.3 Å². The quantitative estimate of drug-likeness (QED) is 0.758. The number of hydrogen-bond donors (Lipinski definition) is 1. The Morgan fingerprint density at radius 1 is 1.43 bits per heavy atom. The van der Waals surface area contributed by atoms with E-state index in [4.69, 9.17) is 4.74 Å². The summed E-state index contributed by atoms with van der Waals surface area (Å²) in [5, 5.41) is 12.6. The maximum atomic E-state index is 9.32. The zero-order valence-electron chi connectivity index (χ0n) is 13.6. The molecule has 1 unspecified atom stereocenters. The van der Waals surface area contributed by atoms with Crippen molar-refractivity contribution in [2.75, 3.05) is 32.1 Å². The molecule has 0 amide bonds. The molecule has 1 atom stereocenters. The van der Waals surface area contributed by atoms with Crippen LogP contribution in [0.25, 0.3) is 0 Å². The minimum atomic E-state index is -0.425. The Bertz CT molecular complexity index is 469. The van der Waals surface area contributed by atoms with Crippen LogP contribution in [-0.4, -0.2) is 32.8 Å². The van der Waals surface area contributed by atoms with Gasteiger partial charge in [-0.15, -0.1) is 0 Å². The van der Waals surface area contributed by atoms with E-state index in [0.29, 0.717) is 0 Å². The first-order valence-electron chi connectivity index (χ1n) is 7.56. The Morgan fingerprint density at radius 3 is 2.81 bits per heavy atom. The van der Waals surface area contributed by atoms with Gasteiger partial charge in [-0.25, -0.2) is 0 Å². The van der Waals surface area contributed by atoms with E-state index < -0.39 is 5.54 Å². The second-order valence-electron chi connectivity index (χ2n) is 5.60. The van der Waals surface area contributed by atoms with Gasteiger partial charge in [0.25, 0.3) is 0 Å². The largest absolute Gasteiger partial charge is 0.497 e. The van der Waals surface area contributed by atoms with Gasteiger partial charge in [-0.1, -0.05) is 13.0 Å². The van der Waals surface area contributed by atoms with Crippen LogP contribution in [0.5, 0.6) is 5.75 Å². The van der Waals surface area contributed by atoms with Crippen molar-refractivity contribution in [1.29, 1.82) is 5.26 Å². The summed E-state index contributed by atoms with van der Waals surface area (Å²) in [4.78, 5) is 2.19. The van der Waals surface area contributed by atoms with E-state index in [9.17, 15) is 5.26 Å². The first-order chi connectivity index (χ1) is 10.0. The molecule has 0 aliphatic heterocycles. The summed E-state index contributed by atoms with van der Waals surface area (Å²) in [7, 11) is 3.74. The molecule has 0 aliphatic carbocycles. The zero-order chi connectivity index (χ0) is 15.7. The lowest BCUT2D eigenvalue weighted by Gasteiger charge is -2.25. The highest BCUT2D eigenvalue weighted by Crippen LogP contribution is 2.21. The van der Waals surface area contributed by atoms with Gasteiger partial charge in [-0.2, -0.15) is 5.26 Å². The highest BCUT2D eigenvalue weighted by Gasteiger charge is 2.22. The van der Waals surface area contributed by atoms with Crippen LogP contribution in [0.2, 0.25) is 0 Å². The molecular formula is C17H27N3O. The fraction of sp³-hybridized carbons (Fsp3) is 0.588. The number of nitriles is 1. The normalized spacial score (nSPS) is 13.3. The standard InChI is InChI=1S/C17H27N3O/c1-5-11-19-17(2,14-18)10-7-12-20(3)15-8-6-9-16(13-15)21-4/h6,8-9,13,19H,5,7,10-12H2,1-4H3. The molecule has 0 aliphatic rings. The van der Waals surface area contributed by atoms with Crippen molar-refractivity contribution >= 4 is 5.69 Å². The van der Waals surface area contributed by atoms with E-state index in [1.165, 1.54) is 0 Å². The number of anilines is 1. The number of methoxy groups -OCH3 is 1. The third-order valence-electron chi connectivity index (χ3n) is 3.68. The fourth-order valence-corrected chi connectivity index (χ4v) is 2.23. The molecule has 0 fully saturated rings. The first kappa shape index (κ1) is 17.3. The molecule has 4 heteroatoms. The van der Waals surface area contributed by atoms with Crippen LogP contribution in [0.3, 0.4) is 0 Å². The van der Waals surface area contributed by atoms with Gasteiger partial charge in [-0.3, -0.25) is 5.32 Å². The Labute approximate surface area is 128 Å².